The monoisotopic (exact) mass is 893 g/mol. The summed E-state index contributed by atoms with van der Waals surface area (Å²) in [5.74, 6) is -1.60. The predicted octanol–water partition coefficient (Wildman–Crippen LogP) is 6.07. The third-order valence-corrected chi connectivity index (χ3v) is 14.0. The number of carbonyl (C=O) groups is 4. The molecular formula is C44H59N7O9S2. The van der Waals surface area contributed by atoms with Crippen LogP contribution in [0.3, 0.4) is 0 Å². The van der Waals surface area contributed by atoms with Gasteiger partial charge in [0.15, 0.2) is 5.13 Å². The summed E-state index contributed by atoms with van der Waals surface area (Å²) in [5, 5.41) is 12.4. The second-order valence-electron chi connectivity index (χ2n) is 18.3. The number of nitrogens with one attached hydrogen (secondary N) is 4. The minimum Gasteiger partial charge on any atom is -0.497 e. The van der Waals surface area contributed by atoms with Gasteiger partial charge >= 0.3 is 6.09 Å². The third-order valence-electron chi connectivity index (χ3n) is 11.9. The first kappa shape index (κ1) is 45.1. The fourth-order valence-electron chi connectivity index (χ4n) is 8.47. The predicted molar refractivity (Wildman–Crippen MR) is 236 cm³/mol. The maximum Gasteiger partial charge on any atom is 0.408 e. The maximum atomic E-state index is 14.9. The van der Waals surface area contributed by atoms with Gasteiger partial charge in [-0.1, -0.05) is 39.3 Å². The summed E-state index contributed by atoms with van der Waals surface area (Å²) < 4.78 is 46.1. The first-order valence-electron chi connectivity index (χ1n) is 21.6. The first-order chi connectivity index (χ1) is 29.4. The van der Waals surface area contributed by atoms with E-state index in [9.17, 15) is 27.6 Å². The number of amides is 4. The number of allylic oxidation sites excluding steroid dienone is 1. The topological polar surface area (TPSA) is 207 Å². The molecule has 2 aliphatic carbocycles. The lowest BCUT2D eigenvalue weighted by Gasteiger charge is -2.35. The van der Waals surface area contributed by atoms with Crippen LogP contribution in [0.5, 0.6) is 11.5 Å². The molecule has 4 aliphatic rings. The summed E-state index contributed by atoms with van der Waals surface area (Å²) in [7, 11) is -2.39. The van der Waals surface area contributed by atoms with Crippen molar-refractivity contribution in [1.82, 2.24) is 30.2 Å². The second-order valence-corrected chi connectivity index (χ2v) is 21.0. The van der Waals surface area contributed by atoms with Crippen LogP contribution < -0.4 is 30.1 Å². The number of carbonyl (C=O) groups excluding carboxylic acids is 4. The molecule has 2 saturated carbocycles. The number of alkyl carbamates (subject to hydrolysis) is 1. The van der Waals surface area contributed by atoms with E-state index in [4.69, 9.17) is 24.2 Å². The number of nitrogens with zero attached hydrogens (tertiary/aromatic N) is 3. The molecular weight excluding hydrogens is 835 g/mol. The van der Waals surface area contributed by atoms with Gasteiger partial charge in [0.2, 0.25) is 21.8 Å². The summed E-state index contributed by atoms with van der Waals surface area (Å²) in [6.07, 6.45) is 8.37. The Labute approximate surface area is 367 Å². The zero-order valence-electron chi connectivity index (χ0n) is 36.3. The summed E-state index contributed by atoms with van der Waals surface area (Å²) >= 11 is 1.45. The van der Waals surface area contributed by atoms with Gasteiger partial charge in [0.25, 0.3) is 5.91 Å². The van der Waals surface area contributed by atoms with Crippen molar-refractivity contribution in [3.05, 3.63) is 41.8 Å². The van der Waals surface area contributed by atoms with Crippen LogP contribution in [0.25, 0.3) is 22.3 Å². The normalized spacial score (nSPS) is 25.1. The number of hydrogen-bond acceptors (Lipinski definition) is 13. The largest absolute Gasteiger partial charge is 0.497 e. The van der Waals surface area contributed by atoms with Gasteiger partial charge in [0.05, 0.1) is 30.6 Å². The van der Waals surface area contributed by atoms with Gasteiger partial charge in [-0.05, 0) is 82.8 Å². The molecule has 0 spiro atoms. The van der Waals surface area contributed by atoms with Crippen molar-refractivity contribution in [2.45, 2.75) is 135 Å². The Hall–Kier alpha value is -4.97. The SMILES string of the molecule is COc1ccc2c(O[C@@H]3C[C@@H](C(=O)N[C@]45C[C@H]4/C=C\CCCCCS(=O)(=O)NC5=O)N(C(=O)[C@@H](NC(=O)OC4CCCC4)C(C)(C)C)C3)cc(-c3csc(NC(C)C)n3)nc2c1. The van der Waals surface area contributed by atoms with Gasteiger partial charge in [0.1, 0.15) is 47.0 Å². The lowest BCUT2D eigenvalue weighted by atomic mass is 9.85. The van der Waals surface area contributed by atoms with Crippen molar-refractivity contribution in [1.29, 1.82) is 0 Å². The molecule has 1 aromatic carbocycles. The Kier molecular flexibility index (Phi) is 13.4. The van der Waals surface area contributed by atoms with Crippen LogP contribution in [-0.4, -0.2) is 102 Å². The highest BCUT2D eigenvalue weighted by atomic mass is 32.2. The van der Waals surface area contributed by atoms with E-state index in [0.717, 1.165) is 37.2 Å². The Bertz CT molecular complexity index is 2300. The number of ether oxygens (including phenoxy) is 3. The van der Waals surface area contributed by atoms with E-state index < -0.39 is 68.9 Å². The van der Waals surface area contributed by atoms with Gasteiger partial charge in [-0.15, -0.1) is 11.3 Å². The number of benzene rings is 1. The van der Waals surface area contributed by atoms with E-state index in [-0.39, 0.29) is 37.3 Å². The van der Waals surface area contributed by atoms with E-state index in [1.54, 1.807) is 25.3 Å². The molecule has 0 bridgehead atoms. The van der Waals surface area contributed by atoms with E-state index in [1.165, 1.54) is 16.2 Å². The fourth-order valence-corrected chi connectivity index (χ4v) is 10.5. The van der Waals surface area contributed by atoms with Crippen LogP contribution in [0.4, 0.5) is 9.93 Å². The Morgan fingerprint density at radius 3 is 2.52 bits per heavy atom. The molecule has 16 nitrogen and oxygen atoms in total. The molecule has 62 heavy (non-hydrogen) atoms. The van der Waals surface area contributed by atoms with Crippen LogP contribution >= 0.6 is 11.3 Å². The van der Waals surface area contributed by atoms with Gasteiger partial charge in [-0.3, -0.25) is 19.1 Å². The number of aromatic nitrogens is 2. The number of anilines is 1. The molecule has 4 N–H and O–H groups in total. The van der Waals surface area contributed by atoms with Crippen LogP contribution in [-0.2, 0) is 29.1 Å². The second kappa shape index (κ2) is 18.4. The smallest absolute Gasteiger partial charge is 0.408 e. The summed E-state index contributed by atoms with van der Waals surface area (Å²) in [6, 6.07) is 5.12. The van der Waals surface area contributed by atoms with Gasteiger partial charge in [0, 0.05) is 41.3 Å². The average Bonchev–Trinajstić information content (AvgIpc) is 3.64. The van der Waals surface area contributed by atoms with Crippen molar-refractivity contribution in [3.8, 4) is 22.9 Å². The number of fused-ring (bicyclic) bond motifs is 2. The Morgan fingerprint density at radius 1 is 1.02 bits per heavy atom. The van der Waals surface area contributed by atoms with Gasteiger partial charge < -0.3 is 35.1 Å². The highest BCUT2D eigenvalue weighted by molar-refractivity contribution is 7.90. The van der Waals surface area contributed by atoms with Gasteiger partial charge in [-0.2, -0.15) is 0 Å². The van der Waals surface area contributed by atoms with Crippen LogP contribution in [0, 0.1) is 11.3 Å². The van der Waals surface area contributed by atoms with Crippen LogP contribution in [0.15, 0.2) is 41.8 Å². The lowest BCUT2D eigenvalue weighted by molar-refractivity contribution is -0.143. The molecule has 1 saturated heterocycles. The molecule has 3 aromatic rings. The zero-order valence-corrected chi connectivity index (χ0v) is 38.0. The molecule has 5 atom stereocenters. The van der Waals surface area contributed by atoms with E-state index in [0.29, 0.717) is 53.1 Å². The highest BCUT2D eigenvalue weighted by Gasteiger charge is 2.61. The number of pyridine rings is 1. The van der Waals surface area contributed by atoms with Crippen molar-refractivity contribution in [2.75, 3.05) is 24.7 Å². The van der Waals surface area contributed by atoms with Crippen molar-refractivity contribution in [2.24, 2.45) is 11.3 Å². The molecule has 4 heterocycles. The highest BCUT2D eigenvalue weighted by Crippen LogP contribution is 2.46. The lowest BCUT2D eigenvalue weighted by Crippen LogP contribution is -2.60. The molecule has 3 fully saturated rings. The minimum absolute atomic E-state index is 0.0198. The summed E-state index contributed by atoms with van der Waals surface area (Å²) in [6.45, 7) is 9.47. The number of methoxy groups -OCH3 is 1. The minimum atomic E-state index is -3.96. The quantitative estimate of drug-likeness (QED) is 0.162. The van der Waals surface area contributed by atoms with E-state index >= 15 is 0 Å². The van der Waals surface area contributed by atoms with Crippen LogP contribution in [0.1, 0.15) is 98.8 Å². The number of rotatable bonds is 11. The third kappa shape index (κ3) is 10.4. The molecule has 18 heteroatoms. The summed E-state index contributed by atoms with van der Waals surface area (Å²) in [4.78, 5) is 67.8. The van der Waals surface area contributed by atoms with Gasteiger partial charge in [-0.25, -0.2) is 23.2 Å². The standard InChI is InChI=1S/C44H59N7O9S2/c1-26(2)45-41-47-34(25-61-41)33-22-36(31-18-17-29(58-6)20-32(31)46-33)59-30-21-35(51(24-30)39(53)37(43(3,4)5)48-42(55)60-28-15-11-12-16-28)38(52)49-44-23-27(44)14-10-8-7-9-13-19-62(56,57)50-40(44)54/h10,14,17-18,20,22,25-28,30,35,37H,7-9,11-13,15-16,19,21,23-24H2,1-6H3,(H,45,47)(H,48,55)(H,49,52)(H,50,54)/b14-10-/t27-,30-,35+,37-,44-/m1/s1. The first-order valence-corrected chi connectivity index (χ1v) is 24.2. The molecule has 7 rings (SSSR count). The number of hydrogen-bond donors (Lipinski definition) is 4. The summed E-state index contributed by atoms with van der Waals surface area (Å²) in [5.41, 5.74) is -0.600. The van der Waals surface area contributed by atoms with Crippen LogP contribution in [0.2, 0.25) is 0 Å². The number of sulfonamides is 1. The maximum absolute atomic E-state index is 14.9. The average molecular weight is 894 g/mol. The Morgan fingerprint density at radius 2 is 1.79 bits per heavy atom. The molecule has 0 unspecified atom stereocenters. The Balaban J connectivity index is 1.22. The molecule has 2 aliphatic heterocycles. The van der Waals surface area contributed by atoms with E-state index in [2.05, 4.69) is 20.7 Å². The molecule has 4 amide bonds. The molecule has 2 aromatic heterocycles. The molecule has 336 valence electrons. The van der Waals surface area contributed by atoms with Crippen molar-refractivity contribution in [3.63, 3.8) is 0 Å². The zero-order chi connectivity index (χ0) is 44.4. The molecule has 0 radical (unpaired) electrons. The number of thiazole rings is 1. The van der Waals surface area contributed by atoms with E-state index in [1.807, 2.05) is 58.2 Å². The van der Waals surface area contributed by atoms with Crippen molar-refractivity contribution < 1.29 is 41.8 Å². The fraction of sp³-hybridized carbons (Fsp3) is 0.591. The number of likely N-dealkylation sites (tertiary alicyclic amines) is 1. The van der Waals surface area contributed by atoms with Crippen molar-refractivity contribution >= 4 is 61.2 Å².